The number of aryl methyl sites for hydroxylation is 4. The lowest BCUT2D eigenvalue weighted by molar-refractivity contribution is -0.165. The van der Waals surface area contributed by atoms with Gasteiger partial charge in [0.05, 0.1) is 60.0 Å². The topological polar surface area (TPSA) is 442 Å². The normalized spacial score (nSPS) is 13.3. The number of carbonyl (C=O) groups excluding carboxylic acids is 1. The maximum Gasteiger partial charge on any atom is 0.348 e. The van der Waals surface area contributed by atoms with Gasteiger partial charge in [-0.05, 0) is 175 Å². The molecule has 0 spiro atoms. The highest BCUT2D eigenvalue weighted by Crippen LogP contribution is 2.49. The van der Waals surface area contributed by atoms with Crippen LogP contribution in [0.1, 0.15) is 95.2 Å². The van der Waals surface area contributed by atoms with Gasteiger partial charge in [-0.2, -0.15) is 10.1 Å². The number of methoxy groups -OCH3 is 6. The fourth-order valence-electron chi connectivity index (χ4n) is 17.1. The molecule has 7 heterocycles. The van der Waals surface area contributed by atoms with Crippen LogP contribution in [-0.2, 0) is 51.0 Å². The Balaban J connectivity index is 0.000000140. The third-order valence-corrected chi connectivity index (χ3v) is 23.8. The van der Waals surface area contributed by atoms with Crippen LogP contribution in [0.15, 0.2) is 321 Å². The van der Waals surface area contributed by atoms with Gasteiger partial charge in [-0.3, -0.25) is 0 Å². The summed E-state index contributed by atoms with van der Waals surface area (Å²) in [6, 6.07) is 92.5. The molecule has 15 aromatic rings. The van der Waals surface area contributed by atoms with Gasteiger partial charge in [0.1, 0.15) is 46.5 Å². The number of carboxylic acid groups (broad SMARTS) is 4. The van der Waals surface area contributed by atoms with Crippen molar-refractivity contribution < 1.29 is 135 Å². The predicted molar refractivity (Wildman–Crippen MR) is 543 cm³/mol. The molecule has 4 aliphatic rings. The number of aliphatic hydroxyl groups excluding tert-OH is 1. The molecule has 19 rings (SSSR count). The number of aliphatic hydroxyl groups is 1. The highest BCUT2D eigenvalue weighted by molar-refractivity contribution is 6.20. The molecular weight excluding hydrogens is 1920 g/mol. The molecule has 12 aromatic carbocycles. The first-order chi connectivity index (χ1) is 72.3. The molecule has 764 valence electrons. The van der Waals surface area contributed by atoms with Crippen molar-refractivity contribution in [2.24, 2.45) is 0 Å². The quantitative estimate of drug-likeness (QED) is 0.0199. The molecule has 4 atom stereocenters. The van der Waals surface area contributed by atoms with E-state index in [4.69, 9.17) is 85.3 Å². The van der Waals surface area contributed by atoms with Crippen molar-refractivity contribution in [1.82, 2.24) is 30.1 Å². The number of aliphatic carboxylic acids is 3. The first-order valence-corrected chi connectivity index (χ1v) is 46.6. The summed E-state index contributed by atoms with van der Waals surface area (Å²) < 4.78 is 100. The second-order valence-electron chi connectivity index (χ2n) is 33.4. The lowest BCUT2D eigenvalue weighted by atomic mass is 9.81. The number of cyclic esters (lactones) is 1. The van der Waals surface area contributed by atoms with Gasteiger partial charge in [-0.1, -0.05) is 206 Å². The van der Waals surface area contributed by atoms with E-state index >= 15 is 0 Å². The molecule has 0 amide bonds. The number of benzene rings is 12. The molecule has 0 fully saturated rings. The molecule has 0 saturated heterocycles. The first kappa shape index (κ1) is 105. The average molecular weight is 2020 g/mol. The van der Waals surface area contributed by atoms with Gasteiger partial charge in [0.15, 0.2) is 57.2 Å². The Morgan fingerprint density at radius 2 is 0.879 bits per heavy atom. The van der Waals surface area contributed by atoms with Crippen LogP contribution in [0.25, 0.3) is 5.57 Å². The Morgan fingerprint density at radius 1 is 0.416 bits per heavy atom. The molecule has 35 heteroatoms. The number of rotatable bonds is 36. The molecule has 6 N–H and O–H groups in total. The first-order valence-electron chi connectivity index (χ1n) is 46.6. The number of carboxylic acids is 4. The van der Waals surface area contributed by atoms with Gasteiger partial charge in [0.25, 0.3) is 0 Å². The Hall–Kier alpha value is -18.4. The van der Waals surface area contributed by atoms with E-state index in [-0.39, 0.29) is 74.3 Å². The summed E-state index contributed by atoms with van der Waals surface area (Å²) >= 11 is 0. The van der Waals surface area contributed by atoms with Crippen molar-refractivity contribution in [2.45, 2.75) is 75.6 Å². The summed E-state index contributed by atoms with van der Waals surface area (Å²) in [4.78, 5) is 79.2. The maximum absolute atomic E-state index is 13.3. The smallest absolute Gasteiger partial charge is 0.348 e. The zero-order valence-corrected chi connectivity index (χ0v) is 82.5. The Morgan fingerprint density at radius 3 is 1.32 bits per heavy atom. The van der Waals surface area contributed by atoms with Crippen LogP contribution in [0, 0.1) is 27.7 Å². The third-order valence-electron chi connectivity index (χ3n) is 23.8. The number of esters is 1. The van der Waals surface area contributed by atoms with E-state index in [1.165, 1.54) is 14.2 Å². The summed E-state index contributed by atoms with van der Waals surface area (Å²) in [5, 5.41) is 60.4. The van der Waals surface area contributed by atoms with Crippen LogP contribution in [0.4, 0.5) is 5.95 Å². The van der Waals surface area contributed by atoms with E-state index < -0.39 is 65.4 Å². The number of aromatic carboxylic acids is 1. The molecule has 0 bridgehead atoms. The van der Waals surface area contributed by atoms with Gasteiger partial charge in [-0.15, -0.1) is 5.10 Å². The molecule has 3 aromatic heterocycles. The summed E-state index contributed by atoms with van der Waals surface area (Å²) in [5.74, 6) is 2.20. The van der Waals surface area contributed by atoms with E-state index in [2.05, 4.69) is 35.5 Å². The van der Waals surface area contributed by atoms with Crippen molar-refractivity contribution in [2.75, 3.05) is 81.6 Å². The molecular formula is C114H105N7O28. The van der Waals surface area contributed by atoms with Crippen LogP contribution in [0.5, 0.6) is 98.3 Å². The zero-order chi connectivity index (χ0) is 105. The third kappa shape index (κ3) is 25.0. The van der Waals surface area contributed by atoms with Crippen molar-refractivity contribution >= 4 is 41.4 Å². The van der Waals surface area contributed by atoms with E-state index in [0.717, 1.165) is 39.2 Å². The summed E-state index contributed by atoms with van der Waals surface area (Å²) in [6.45, 7) is 7.24. The lowest BCUT2D eigenvalue weighted by Crippen LogP contribution is -2.51. The van der Waals surface area contributed by atoms with Crippen molar-refractivity contribution in [3.8, 4) is 98.3 Å². The second-order valence-corrected chi connectivity index (χ2v) is 33.4. The predicted octanol–water partition coefficient (Wildman–Crippen LogP) is 18.7. The maximum atomic E-state index is 13.3. The molecule has 0 aliphatic carbocycles. The number of nitrogens with one attached hydrogen (secondary N) is 1. The number of aromatic nitrogens is 6. The van der Waals surface area contributed by atoms with Crippen molar-refractivity contribution in [1.29, 1.82) is 0 Å². The SMILES string of the molecule is COC(c1ccccc1)(c1ccccc1)[C@H](Oc1ccc(C)nn1)C(=O)O.COc1cc(C)nc(O[C@H](C(=O)O)C(OCCO)(c2ccccc2)c2ccccc2)n1.COc1ccc(C2OC(=O)C(c3ccc4c(c3)OCO4)=C2Cc2cc(OC)c(OC)c(OC)c2)cc1.Cc1cc(C)nc(N[C@H](C(=O)O)C(c2ccccc2)c2ccccc2)n1.O=C(O)c1c(Oc2ccc3c(c2)OCO3)cccc1Oc1ccc2c(c1)OCO2. The molecule has 0 saturated carbocycles. The van der Waals surface area contributed by atoms with E-state index in [1.54, 1.807) is 170 Å². The summed E-state index contributed by atoms with van der Waals surface area (Å²) in [7, 11) is 9.23. The minimum atomic E-state index is -1.59. The van der Waals surface area contributed by atoms with Crippen LogP contribution in [0.2, 0.25) is 0 Å². The molecule has 1 unspecified atom stereocenters. The second kappa shape index (κ2) is 49.3. The average Bonchev–Trinajstić information content (AvgIpc) is 1.32. The van der Waals surface area contributed by atoms with Gasteiger partial charge in [-0.25, -0.2) is 38.9 Å². The van der Waals surface area contributed by atoms with Gasteiger partial charge in [0.2, 0.25) is 56.0 Å². The number of anilines is 1. The Bertz CT molecular complexity index is 6930. The van der Waals surface area contributed by atoms with Gasteiger partial charge < -0.3 is 116 Å². The van der Waals surface area contributed by atoms with E-state index in [9.17, 15) is 49.5 Å². The van der Waals surface area contributed by atoms with Gasteiger partial charge in [0, 0.05) is 54.4 Å². The summed E-state index contributed by atoms with van der Waals surface area (Å²) in [5.41, 5.74) is 7.71. The molecule has 35 nitrogen and oxygen atoms in total. The molecule has 149 heavy (non-hydrogen) atoms. The standard InChI is InChI=1S/C28H26O8.C23H24N2O6.C21H21N3O2.C21H20N2O4.C21H14O8/c1-30-19-8-5-17(6-9-19)26-20(11-16-12-23(31-2)27(33-4)24(13-16)32-3)25(28(29)36-26)18-7-10-21-22(14-18)35-15-34-21;1-16-15-19(29-2)25-22(24-16)31-20(21(27)28)23(30-14-13-26,17-9-5-3-6-10-17)18-11-7-4-8-12-18;1-14-13-15(2)23-21(22-14)24-19(20(25)26)18(16-9-5-3-6-10-16)17-11-7-4-8-12-17;1-15-13-14-18(23-22-15)27-19(20(24)25)21(26-2,16-9-5-3-6-10-16)17-11-7-4-8-12-17;22-21(23)20-16(28-12-4-6-14-18(8-12)26-10-24-14)2-1-3-17(20)29-13-5-7-15-19(9-13)27-11-25-15/h5-10,12-14,26H,11,15H2,1-4H3;3-12,15,20,26H,13-14H2,1-2H3,(H,27,28);3-13,18-19H,1-2H3,(H,25,26)(H,22,23,24);3-14,19H,1-2H3,(H,24,25);1-9H,10-11H2,(H,22,23)/t;20-;2*19-;/m.101./s1. The van der Waals surface area contributed by atoms with Crippen molar-refractivity contribution in [3.63, 3.8) is 0 Å². The van der Waals surface area contributed by atoms with Crippen LogP contribution < -0.4 is 76.4 Å². The molecule has 0 radical (unpaired) electrons. The number of hydrogen-bond acceptors (Lipinski definition) is 31. The number of carbonyl (C=O) groups is 5. The number of nitrogens with zero attached hydrogens (tertiary/aromatic N) is 6. The van der Waals surface area contributed by atoms with Crippen LogP contribution in [0.3, 0.4) is 0 Å². The minimum absolute atomic E-state index is 0.108. The van der Waals surface area contributed by atoms with Crippen LogP contribution in [-0.4, -0.2) is 180 Å². The van der Waals surface area contributed by atoms with E-state index in [1.807, 2.05) is 202 Å². The zero-order valence-electron chi connectivity index (χ0n) is 82.5. The van der Waals surface area contributed by atoms with Crippen LogP contribution >= 0.6 is 0 Å². The van der Waals surface area contributed by atoms with Gasteiger partial charge >= 0.3 is 35.9 Å². The summed E-state index contributed by atoms with van der Waals surface area (Å²) in [6.07, 6.45) is -3.13. The van der Waals surface area contributed by atoms with Crippen molar-refractivity contribution in [3.05, 3.63) is 399 Å². The largest absolute Gasteiger partial charge is 0.497 e. The minimum Gasteiger partial charge on any atom is -0.497 e. The highest BCUT2D eigenvalue weighted by Gasteiger charge is 2.52. The number of hydrogen-bond donors (Lipinski definition) is 6. The molecule has 4 aliphatic heterocycles. The lowest BCUT2D eigenvalue weighted by Gasteiger charge is -2.38. The van der Waals surface area contributed by atoms with E-state index in [0.29, 0.717) is 126 Å². The fraction of sp³-hybridized carbons (Fsp3) is 0.202. The fourth-order valence-corrected chi connectivity index (χ4v) is 17.1. The Labute approximate surface area is 856 Å². The number of ether oxygens (including phenoxy) is 18. The monoisotopic (exact) mass is 2020 g/mol. The number of fused-ring (bicyclic) bond motifs is 3. The Kier molecular flexibility index (Phi) is 34.7. The highest BCUT2D eigenvalue weighted by atomic mass is 16.7.